The number of hydrogen-bond acceptors (Lipinski definition) is 2. The number of halogens is 2. The van der Waals surface area contributed by atoms with E-state index in [1.807, 2.05) is 23.1 Å². The van der Waals surface area contributed by atoms with Crippen molar-refractivity contribution in [1.29, 1.82) is 0 Å². The number of piperidine rings is 1. The van der Waals surface area contributed by atoms with E-state index in [0.29, 0.717) is 12.1 Å². The monoisotopic (exact) mass is 374 g/mol. The third-order valence-electron chi connectivity index (χ3n) is 3.32. The summed E-state index contributed by atoms with van der Waals surface area (Å²) < 4.78 is 1.78. The lowest BCUT2D eigenvalue weighted by Crippen LogP contribution is -2.47. The van der Waals surface area contributed by atoms with Gasteiger partial charge < -0.3 is 10.6 Å². The minimum atomic E-state index is 0.0736. The number of nitrogens with two attached hydrogens (primary N) is 1. The predicted molar refractivity (Wildman–Crippen MR) is 79.6 cm³/mol. The number of carbonyl (C=O) groups excluding carboxylic acids is 1. The molecule has 98 valence electrons. The molecule has 2 N–H and O–H groups in total. The fourth-order valence-corrected chi connectivity index (χ4v) is 3.55. The molecular weight excluding hydrogens is 360 g/mol. The van der Waals surface area contributed by atoms with Gasteiger partial charge in [-0.25, -0.2) is 0 Å². The van der Waals surface area contributed by atoms with E-state index < -0.39 is 0 Å². The van der Waals surface area contributed by atoms with Gasteiger partial charge in [0.25, 0.3) is 5.91 Å². The van der Waals surface area contributed by atoms with Gasteiger partial charge in [-0.2, -0.15) is 0 Å². The summed E-state index contributed by atoms with van der Waals surface area (Å²) in [5, 5.41) is 0. The molecule has 18 heavy (non-hydrogen) atoms. The Bertz CT molecular complexity index is 451. The molecule has 0 aromatic heterocycles. The third-order valence-corrected chi connectivity index (χ3v) is 4.47. The molecule has 1 aromatic rings. The van der Waals surface area contributed by atoms with Crippen molar-refractivity contribution in [2.45, 2.75) is 25.3 Å². The summed E-state index contributed by atoms with van der Waals surface area (Å²) in [6.45, 7) is 1.35. The highest BCUT2D eigenvalue weighted by atomic mass is 79.9. The van der Waals surface area contributed by atoms with Crippen LogP contribution in [0, 0.1) is 0 Å². The number of carbonyl (C=O) groups is 1. The Balaban J connectivity index is 2.24. The van der Waals surface area contributed by atoms with Crippen LogP contribution in [0.2, 0.25) is 0 Å². The Kier molecular flexibility index (Phi) is 4.81. The minimum absolute atomic E-state index is 0.0736. The summed E-state index contributed by atoms with van der Waals surface area (Å²) in [5.41, 5.74) is 6.47. The number of likely N-dealkylation sites (tertiary alicyclic amines) is 1. The maximum atomic E-state index is 12.5. The highest BCUT2D eigenvalue weighted by molar-refractivity contribution is 9.11. The topological polar surface area (TPSA) is 46.3 Å². The van der Waals surface area contributed by atoms with E-state index in [1.165, 1.54) is 0 Å². The molecule has 1 aliphatic rings. The summed E-state index contributed by atoms with van der Waals surface area (Å²) in [5.74, 6) is 0.0736. The van der Waals surface area contributed by atoms with Crippen molar-refractivity contribution in [2.24, 2.45) is 5.73 Å². The first-order chi connectivity index (χ1) is 8.63. The molecule has 1 saturated heterocycles. The Labute approximate surface area is 124 Å². The van der Waals surface area contributed by atoms with Crippen LogP contribution in [0.15, 0.2) is 27.1 Å². The zero-order valence-corrected chi connectivity index (χ0v) is 13.2. The molecule has 1 fully saturated rings. The summed E-state index contributed by atoms with van der Waals surface area (Å²) in [7, 11) is 0. The smallest absolute Gasteiger partial charge is 0.255 e. The molecule has 0 saturated carbocycles. The molecule has 1 aliphatic heterocycles. The average Bonchev–Trinajstić information content (AvgIpc) is 2.38. The van der Waals surface area contributed by atoms with Crippen LogP contribution in [-0.2, 0) is 0 Å². The first-order valence-corrected chi connectivity index (χ1v) is 7.68. The van der Waals surface area contributed by atoms with Crippen molar-refractivity contribution in [2.75, 3.05) is 13.1 Å². The van der Waals surface area contributed by atoms with Gasteiger partial charge >= 0.3 is 0 Å². The molecule has 0 bridgehead atoms. The lowest BCUT2D eigenvalue weighted by molar-refractivity contribution is 0.0622. The van der Waals surface area contributed by atoms with Crippen molar-refractivity contribution in [3.05, 3.63) is 32.7 Å². The van der Waals surface area contributed by atoms with Gasteiger partial charge in [0, 0.05) is 28.1 Å². The predicted octanol–water partition coefficient (Wildman–Crippen LogP) is 3.17. The van der Waals surface area contributed by atoms with Gasteiger partial charge in [-0.15, -0.1) is 0 Å². The van der Waals surface area contributed by atoms with Crippen LogP contribution in [0.25, 0.3) is 0 Å². The fourth-order valence-electron chi connectivity index (χ4n) is 2.33. The Morgan fingerprint density at radius 1 is 1.39 bits per heavy atom. The van der Waals surface area contributed by atoms with Crippen molar-refractivity contribution < 1.29 is 4.79 Å². The number of benzene rings is 1. The van der Waals surface area contributed by atoms with Crippen LogP contribution >= 0.6 is 31.9 Å². The molecule has 1 amide bonds. The van der Waals surface area contributed by atoms with Crippen LogP contribution in [0.3, 0.4) is 0 Å². The zero-order chi connectivity index (χ0) is 13.1. The summed E-state index contributed by atoms with van der Waals surface area (Å²) in [6, 6.07) is 5.81. The van der Waals surface area contributed by atoms with Crippen LogP contribution in [-0.4, -0.2) is 29.9 Å². The van der Waals surface area contributed by atoms with Crippen LogP contribution in [0.4, 0.5) is 0 Å². The van der Waals surface area contributed by atoms with Crippen LogP contribution in [0.5, 0.6) is 0 Å². The van der Waals surface area contributed by atoms with E-state index in [1.54, 1.807) is 0 Å². The molecule has 2 rings (SSSR count). The van der Waals surface area contributed by atoms with Crippen molar-refractivity contribution in [3.63, 3.8) is 0 Å². The minimum Gasteiger partial charge on any atom is -0.334 e. The second-order valence-corrected chi connectivity index (χ2v) is 6.28. The molecule has 5 heteroatoms. The van der Waals surface area contributed by atoms with Gasteiger partial charge in [0.05, 0.1) is 5.56 Å². The quantitative estimate of drug-likeness (QED) is 0.862. The molecule has 1 heterocycles. The Hall–Kier alpha value is -0.390. The maximum Gasteiger partial charge on any atom is 0.255 e. The number of nitrogens with zero attached hydrogens (tertiary/aromatic N) is 1. The standard InChI is InChI=1S/C13H16Br2N2O/c14-9-4-5-11(12(15)7-9)13(18)17-6-2-1-3-10(17)8-16/h4-5,7,10H,1-3,6,8,16H2. The lowest BCUT2D eigenvalue weighted by atomic mass is 10.0. The van der Waals surface area contributed by atoms with Gasteiger partial charge in [-0.3, -0.25) is 4.79 Å². The molecule has 1 atom stereocenters. The normalized spacial score (nSPS) is 19.9. The Morgan fingerprint density at radius 3 is 2.83 bits per heavy atom. The van der Waals surface area contributed by atoms with E-state index in [9.17, 15) is 4.79 Å². The second kappa shape index (κ2) is 6.17. The van der Waals surface area contributed by atoms with Crippen molar-refractivity contribution in [3.8, 4) is 0 Å². The molecular formula is C13H16Br2N2O. The molecule has 3 nitrogen and oxygen atoms in total. The maximum absolute atomic E-state index is 12.5. The van der Waals surface area contributed by atoms with Gasteiger partial charge in [0.1, 0.15) is 0 Å². The van der Waals surface area contributed by atoms with Gasteiger partial charge in [0.2, 0.25) is 0 Å². The van der Waals surface area contributed by atoms with Gasteiger partial charge in [-0.05, 0) is 53.4 Å². The molecule has 0 aliphatic carbocycles. The lowest BCUT2D eigenvalue weighted by Gasteiger charge is -2.35. The highest BCUT2D eigenvalue weighted by Gasteiger charge is 2.27. The van der Waals surface area contributed by atoms with E-state index >= 15 is 0 Å². The van der Waals surface area contributed by atoms with Crippen molar-refractivity contribution >= 4 is 37.8 Å². The average molecular weight is 376 g/mol. The zero-order valence-electron chi connectivity index (χ0n) is 10.0. The van der Waals surface area contributed by atoms with E-state index in [-0.39, 0.29) is 11.9 Å². The molecule has 1 unspecified atom stereocenters. The highest BCUT2D eigenvalue weighted by Crippen LogP contribution is 2.26. The van der Waals surface area contributed by atoms with E-state index in [2.05, 4.69) is 31.9 Å². The first-order valence-electron chi connectivity index (χ1n) is 6.09. The molecule has 0 spiro atoms. The number of amides is 1. The van der Waals surface area contributed by atoms with Crippen LogP contribution in [0.1, 0.15) is 29.6 Å². The largest absolute Gasteiger partial charge is 0.334 e. The molecule has 1 aromatic carbocycles. The van der Waals surface area contributed by atoms with E-state index in [4.69, 9.17) is 5.73 Å². The second-order valence-electron chi connectivity index (χ2n) is 4.51. The first kappa shape index (κ1) is 14.0. The summed E-state index contributed by atoms with van der Waals surface area (Å²) in [6.07, 6.45) is 3.24. The SMILES string of the molecule is NCC1CCCCN1C(=O)c1ccc(Br)cc1Br. The number of rotatable bonds is 2. The Morgan fingerprint density at radius 2 is 2.17 bits per heavy atom. The molecule has 0 radical (unpaired) electrons. The summed E-state index contributed by atoms with van der Waals surface area (Å²) >= 11 is 6.84. The number of hydrogen-bond donors (Lipinski definition) is 1. The summed E-state index contributed by atoms with van der Waals surface area (Å²) in [4.78, 5) is 14.4. The van der Waals surface area contributed by atoms with E-state index in [0.717, 1.165) is 34.8 Å². The fraction of sp³-hybridized carbons (Fsp3) is 0.462. The van der Waals surface area contributed by atoms with Gasteiger partial charge in [0.15, 0.2) is 0 Å². The van der Waals surface area contributed by atoms with Gasteiger partial charge in [-0.1, -0.05) is 15.9 Å². The van der Waals surface area contributed by atoms with Crippen LogP contribution < -0.4 is 5.73 Å². The third kappa shape index (κ3) is 2.95. The van der Waals surface area contributed by atoms with Crippen molar-refractivity contribution in [1.82, 2.24) is 4.90 Å².